The molecular formula is C16H12ClF2NO3. The lowest BCUT2D eigenvalue weighted by molar-refractivity contribution is -0.124. The first-order valence-corrected chi connectivity index (χ1v) is 6.97. The number of ether oxygens (including phenoxy) is 1. The van der Waals surface area contributed by atoms with Gasteiger partial charge in [-0.3, -0.25) is 4.79 Å². The zero-order valence-corrected chi connectivity index (χ0v) is 12.6. The Morgan fingerprint density at radius 1 is 1.04 bits per heavy atom. The highest BCUT2D eigenvalue weighted by molar-refractivity contribution is 6.30. The number of carbonyl (C=O) groups excluding carboxylic acids is 2. The van der Waals surface area contributed by atoms with E-state index in [0.29, 0.717) is 5.02 Å². The van der Waals surface area contributed by atoms with E-state index < -0.39 is 35.7 Å². The van der Waals surface area contributed by atoms with Gasteiger partial charge in [0.15, 0.2) is 6.61 Å². The molecule has 0 aromatic heterocycles. The SMILES string of the molecule is O=C(COC(=O)c1c(F)cccc1F)NCc1ccc(Cl)cc1. The molecule has 0 saturated heterocycles. The highest BCUT2D eigenvalue weighted by Crippen LogP contribution is 2.13. The quantitative estimate of drug-likeness (QED) is 0.852. The third-order valence-corrected chi connectivity index (χ3v) is 3.16. The topological polar surface area (TPSA) is 55.4 Å². The molecule has 0 fully saturated rings. The van der Waals surface area contributed by atoms with Crippen LogP contribution in [0.1, 0.15) is 15.9 Å². The number of halogens is 3. The van der Waals surface area contributed by atoms with Crippen LogP contribution in [0.15, 0.2) is 42.5 Å². The molecule has 7 heteroatoms. The van der Waals surface area contributed by atoms with E-state index in [4.69, 9.17) is 11.6 Å². The van der Waals surface area contributed by atoms with Gasteiger partial charge in [0.1, 0.15) is 17.2 Å². The second-order valence-electron chi connectivity index (χ2n) is 4.58. The zero-order chi connectivity index (χ0) is 16.8. The number of benzene rings is 2. The Bertz CT molecular complexity index is 700. The molecule has 2 rings (SSSR count). The van der Waals surface area contributed by atoms with Crippen molar-refractivity contribution < 1.29 is 23.1 Å². The Kier molecular flexibility index (Phi) is 5.65. The van der Waals surface area contributed by atoms with Crippen LogP contribution in [0.2, 0.25) is 5.02 Å². The molecule has 0 atom stereocenters. The zero-order valence-electron chi connectivity index (χ0n) is 11.8. The summed E-state index contributed by atoms with van der Waals surface area (Å²) in [4.78, 5) is 23.2. The summed E-state index contributed by atoms with van der Waals surface area (Å²) in [5, 5.41) is 3.08. The Morgan fingerprint density at radius 2 is 1.65 bits per heavy atom. The molecule has 0 radical (unpaired) electrons. The lowest BCUT2D eigenvalue weighted by Crippen LogP contribution is -2.28. The van der Waals surface area contributed by atoms with Gasteiger partial charge in [-0.1, -0.05) is 29.8 Å². The molecule has 0 aliphatic rings. The summed E-state index contributed by atoms with van der Waals surface area (Å²) in [6, 6.07) is 9.78. The van der Waals surface area contributed by atoms with Gasteiger partial charge in [0.2, 0.25) is 0 Å². The number of esters is 1. The molecule has 0 heterocycles. The molecular weight excluding hydrogens is 328 g/mol. The van der Waals surface area contributed by atoms with E-state index in [0.717, 1.165) is 23.8 Å². The van der Waals surface area contributed by atoms with Crippen LogP contribution in [0.25, 0.3) is 0 Å². The molecule has 0 spiro atoms. The Hall–Kier alpha value is -2.47. The number of hydrogen-bond donors (Lipinski definition) is 1. The Labute approximate surface area is 136 Å². The molecule has 0 saturated carbocycles. The van der Waals surface area contributed by atoms with Gasteiger partial charge < -0.3 is 10.1 Å². The first-order chi connectivity index (χ1) is 11.0. The molecule has 4 nitrogen and oxygen atoms in total. The van der Waals surface area contributed by atoms with Crippen molar-refractivity contribution in [3.8, 4) is 0 Å². The molecule has 0 aliphatic carbocycles. The summed E-state index contributed by atoms with van der Waals surface area (Å²) < 4.78 is 31.4. The molecule has 2 aromatic carbocycles. The third kappa shape index (κ3) is 4.75. The van der Waals surface area contributed by atoms with E-state index in [1.54, 1.807) is 24.3 Å². The van der Waals surface area contributed by atoms with Crippen molar-refractivity contribution in [3.63, 3.8) is 0 Å². The highest BCUT2D eigenvalue weighted by Gasteiger charge is 2.19. The minimum atomic E-state index is -1.23. The van der Waals surface area contributed by atoms with E-state index >= 15 is 0 Å². The fraction of sp³-hybridized carbons (Fsp3) is 0.125. The van der Waals surface area contributed by atoms with Crippen LogP contribution in [0.5, 0.6) is 0 Å². The largest absolute Gasteiger partial charge is 0.452 e. The second kappa shape index (κ2) is 7.69. The number of hydrogen-bond acceptors (Lipinski definition) is 3. The maximum absolute atomic E-state index is 13.4. The lowest BCUT2D eigenvalue weighted by Gasteiger charge is -2.08. The Balaban J connectivity index is 1.84. The monoisotopic (exact) mass is 339 g/mol. The van der Waals surface area contributed by atoms with Crippen LogP contribution >= 0.6 is 11.6 Å². The third-order valence-electron chi connectivity index (χ3n) is 2.90. The number of rotatable bonds is 5. The van der Waals surface area contributed by atoms with Crippen molar-refractivity contribution >= 4 is 23.5 Å². The van der Waals surface area contributed by atoms with Gasteiger partial charge >= 0.3 is 5.97 Å². The van der Waals surface area contributed by atoms with Crippen LogP contribution in [0.4, 0.5) is 8.78 Å². The molecule has 0 unspecified atom stereocenters. The van der Waals surface area contributed by atoms with Gasteiger partial charge in [-0.05, 0) is 29.8 Å². The summed E-state index contributed by atoms with van der Waals surface area (Å²) in [6.45, 7) is -0.429. The van der Waals surface area contributed by atoms with Gasteiger partial charge in [-0.15, -0.1) is 0 Å². The fourth-order valence-electron chi connectivity index (χ4n) is 1.75. The van der Waals surface area contributed by atoms with Crippen molar-refractivity contribution in [2.75, 3.05) is 6.61 Å². The van der Waals surface area contributed by atoms with Crippen molar-refractivity contribution in [1.82, 2.24) is 5.32 Å². The minimum Gasteiger partial charge on any atom is -0.452 e. The second-order valence-corrected chi connectivity index (χ2v) is 5.01. The molecule has 0 aliphatic heterocycles. The van der Waals surface area contributed by atoms with Gasteiger partial charge in [-0.25, -0.2) is 13.6 Å². The Morgan fingerprint density at radius 3 is 2.26 bits per heavy atom. The standard InChI is InChI=1S/C16H12ClF2NO3/c17-11-6-4-10(5-7-11)8-20-14(21)9-23-16(22)15-12(18)2-1-3-13(15)19/h1-7H,8-9H2,(H,20,21). The predicted octanol–water partition coefficient (Wildman–Crippen LogP) is 3.09. The van der Waals surface area contributed by atoms with E-state index in [1.807, 2.05) is 0 Å². The maximum Gasteiger partial charge on any atom is 0.344 e. The first kappa shape index (κ1) is 16.9. The van der Waals surface area contributed by atoms with Crippen LogP contribution in [0.3, 0.4) is 0 Å². The summed E-state index contributed by atoms with van der Waals surface area (Å²) in [5.74, 6) is -3.92. The van der Waals surface area contributed by atoms with Gasteiger partial charge in [0.25, 0.3) is 5.91 Å². The lowest BCUT2D eigenvalue weighted by atomic mass is 10.2. The van der Waals surface area contributed by atoms with Gasteiger partial charge in [-0.2, -0.15) is 0 Å². The van der Waals surface area contributed by atoms with Crippen molar-refractivity contribution in [3.05, 3.63) is 70.2 Å². The van der Waals surface area contributed by atoms with Crippen LogP contribution < -0.4 is 5.32 Å². The number of nitrogens with one attached hydrogen (secondary N) is 1. The van der Waals surface area contributed by atoms with Crippen molar-refractivity contribution in [2.24, 2.45) is 0 Å². The van der Waals surface area contributed by atoms with Crippen molar-refractivity contribution in [1.29, 1.82) is 0 Å². The van der Waals surface area contributed by atoms with E-state index in [9.17, 15) is 18.4 Å². The highest BCUT2D eigenvalue weighted by atomic mass is 35.5. The number of carbonyl (C=O) groups is 2. The summed E-state index contributed by atoms with van der Waals surface area (Å²) in [7, 11) is 0. The van der Waals surface area contributed by atoms with Gasteiger partial charge in [0.05, 0.1) is 0 Å². The molecule has 1 amide bonds. The van der Waals surface area contributed by atoms with E-state index in [2.05, 4.69) is 10.1 Å². The fourth-order valence-corrected chi connectivity index (χ4v) is 1.88. The van der Waals surface area contributed by atoms with Crippen LogP contribution in [-0.4, -0.2) is 18.5 Å². The van der Waals surface area contributed by atoms with Gasteiger partial charge in [0, 0.05) is 11.6 Å². The maximum atomic E-state index is 13.4. The predicted molar refractivity (Wildman–Crippen MR) is 79.9 cm³/mol. The molecule has 2 aromatic rings. The number of amides is 1. The summed E-state index contributed by atoms with van der Waals surface area (Å²) in [6.07, 6.45) is 0. The first-order valence-electron chi connectivity index (χ1n) is 6.59. The molecule has 23 heavy (non-hydrogen) atoms. The summed E-state index contributed by atoms with van der Waals surface area (Å²) >= 11 is 5.74. The molecule has 1 N–H and O–H groups in total. The average Bonchev–Trinajstić information content (AvgIpc) is 2.52. The average molecular weight is 340 g/mol. The van der Waals surface area contributed by atoms with Crippen LogP contribution in [-0.2, 0) is 16.1 Å². The smallest absolute Gasteiger partial charge is 0.344 e. The normalized spacial score (nSPS) is 10.2. The van der Waals surface area contributed by atoms with E-state index in [1.165, 1.54) is 0 Å². The molecule has 120 valence electrons. The van der Waals surface area contributed by atoms with Crippen molar-refractivity contribution in [2.45, 2.75) is 6.54 Å². The summed E-state index contributed by atoms with van der Waals surface area (Å²) in [5.41, 5.74) is -0.0211. The molecule has 0 bridgehead atoms. The van der Waals surface area contributed by atoms with Crippen LogP contribution in [0, 0.1) is 11.6 Å². The van der Waals surface area contributed by atoms with E-state index in [-0.39, 0.29) is 6.54 Å². The minimum absolute atomic E-state index is 0.210.